The molecule has 8 nitrogen and oxygen atoms in total. The Labute approximate surface area is 210 Å². The molecule has 0 saturated heterocycles. The number of aliphatic hydroxyl groups is 1. The molecule has 204 valence electrons. The Bertz CT molecular complexity index is 631. The van der Waals surface area contributed by atoms with Gasteiger partial charge in [0, 0.05) is 6.42 Å². The Hall–Kier alpha value is -1.96. The van der Waals surface area contributed by atoms with Gasteiger partial charge in [-0.2, -0.15) is 0 Å². The summed E-state index contributed by atoms with van der Waals surface area (Å²) in [5, 5.41) is 28.1. The number of ketones is 1. The van der Waals surface area contributed by atoms with E-state index >= 15 is 0 Å². The molecule has 0 bridgehead atoms. The SMILES string of the molecule is CCCCCCCC(=O)C(CCCCCCCCCC(C)C)OC(=O)CC(O)(CC(=O)O)C(=O)O. The highest BCUT2D eigenvalue weighted by atomic mass is 16.5. The van der Waals surface area contributed by atoms with Crippen molar-refractivity contribution in [3.63, 3.8) is 0 Å². The summed E-state index contributed by atoms with van der Waals surface area (Å²) in [5.41, 5.74) is -2.77. The molecule has 0 rings (SSSR count). The number of carbonyl (C=O) groups excluding carboxylic acids is 2. The van der Waals surface area contributed by atoms with Crippen LogP contribution in [0.25, 0.3) is 0 Å². The third kappa shape index (κ3) is 17.2. The van der Waals surface area contributed by atoms with Gasteiger partial charge in [-0.3, -0.25) is 14.4 Å². The Morgan fingerprint density at radius 1 is 0.743 bits per heavy atom. The van der Waals surface area contributed by atoms with Gasteiger partial charge in [-0.15, -0.1) is 0 Å². The van der Waals surface area contributed by atoms with Crippen LogP contribution in [0.5, 0.6) is 0 Å². The minimum absolute atomic E-state index is 0.208. The average molecular weight is 501 g/mol. The molecule has 0 fully saturated rings. The molecule has 0 spiro atoms. The molecule has 0 aromatic heterocycles. The summed E-state index contributed by atoms with van der Waals surface area (Å²) < 4.78 is 5.30. The quantitative estimate of drug-likeness (QED) is 0.120. The number of ether oxygens (including phenoxy) is 1. The third-order valence-electron chi connectivity index (χ3n) is 6.19. The Morgan fingerprint density at radius 3 is 1.77 bits per heavy atom. The van der Waals surface area contributed by atoms with Crippen LogP contribution in [0.1, 0.15) is 130 Å². The number of carboxylic acids is 2. The van der Waals surface area contributed by atoms with E-state index in [2.05, 4.69) is 20.8 Å². The van der Waals surface area contributed by atoms with Crippen molar-refractivity contribution in [3.05, 3.63) is 0 Å². The zero-order valence-corrected chi connectivity index (χ0v) is 22.1. The van der Waals surface area contributed by atoms with Crippen LogP contribution in [0.2, 0.25) is 0 Å². The molecule has 3 N–H and O–H groups in total. The third-order valence-corrected chi connectivity index (χ3v) is 6.19. The highest BCUT2D eigenvalue weighted by Gasteiger charge is 2.42. The number of unbranched alkanes of at least 4 members (excludes halogenated alkanes) is 10. The van der Waals surface area contributed by atoms with Crippen LogP contribution in [-0.4, -0.2) is 50.7 Å². The van der Waals surface area contributed by atoms with Crippen molar-refractivity contribution < 1.29 is 39.2 Å². The molecule has 0 amide bonds. The van der Waals surface area contributed by atoms with Gasteiger partial charge < -0.3 is 20.1 Å². The van der Waals surface area contributed by atoms with Crippen molar-refractivity contribution >= 4 is 23.7 Å². The van der Waals surface area contributed by atoms with E-state index in [1.54, 1.807) is 0 Å². The predicted molar refractivity (Wildman–Crippen MR) is 134 cm³/mol. The van der Waals surface area contributed by atoms with Gasteiger partial charge in [-0.25, -0.2) is 4.79 Å². The molecule has 35 heavy (non-hydrogen) atoms. The number of hydrogen-bond acceptors (Lipinski definition) is 6. The fourth-order valence-electron chi connectivity index (χ4n) is 4.02. The summed E-state index contributed by atoms with van der Waals surface area (Å²) in [6, 6.07) is 0. The number of esters is 1. The van der Waals surface area contributed by atoms with Crippen LogP contribution in [0.3, 0.4) is 0 Å². The first-order valence-electron chi connectivity index (χ1n) is 13.4. The molecule has 0 saturated carbocycles. The lowest BCUT2D eigenvalue weighted by Crippen LogP contribution is -2.44. The van der Waals surface area contributed by atoms with E-state index in [1.807, 2.05) is 0 Å². The molecule has 0 aliphatic carbocycles. The molecule has 0 aromatic rings. The number of rotatable bonds is 23. The normalized spacial score (nSPS) is 13.9. The first kappa shape index (κ1) is 33.0. The minimum Gasteiger partial charge on any atom is -0.481 e. The van der Waals surface area contributed by atoms with Crippen molar-refractivity contribution in [2.75, 3.05) is 0 Å². The number of aliphatic carboxylic acids is 2. The number of Topliss-reactive ketones (excluding diaryl/α,β-unsaturated/α-hetero) is 1. The molecule has 0 aromatic carbocycles. The smallest absolute Gasteiger partial charge is 0.336 e. The Kier molecular flexibility index (Phi) is 18.2. The lowest BCUT2D eigenvalue weighted by molar-refractivity contribution is -0.174. The fourth-order valence-corrected chi connectivity index (χ4v) is 4.02. The Balaban J connectivity index is 4.74. The molecular formula is C27H48O8. The molecular weight excluding hydrogens is 452 g/mol. The predicted octanol–water partition coefficient (Wildman–Crippen LogP) is 5.68. The highest BCUT2D eigenvalue weighted by Crippen LogP contribution is 2.20. The van der Waals surface area contributed by atoms with E-state index < -0.39 is 42.5 Å². The summed E-state index contributed by atoms with van der Waals surface area (Å²) in [6.45, 7) is 6.56. The zero-order chi connectivity index (χ0) is 26.7. The lowest BCUT2D eigenvalue weighted by atomic mass is 9.95. The summed E-state index contributed by atoms with van der Waals surface area (Å²) in [7, 11) is 0. The van der Waals surface area contributed by atoms with Gasteiger partial charge in [0.2, 0.25) is 0 Å². The van der Waals surface area contributed by atoms with Crippen LogP contribution in [0.4, 0.5) is 0 Å². The van der Waals surface area contributed by atoms with Crippen molar-refractivity contribution in [2.24, 2.45) is 5.92 Å². The monoisotopic (exact) mass is 500 g/mol. The highest BCUT2D eigenvalue weighted by molar-refractivity contribution is 5.90. The van der Waals surface area contributed by atoms with E-state index in [-0.39, 0.29) is 12.2 Å². The second-order valence-corrected chi connectivity index (χ2v) is 10.1. The van der Waals surface area contributed by atoms with Gasteiger partial charge in [0.05, 0.1) is 12.8 Å². The van der Waals surface area contributed by atoms with Crippen molar-refractivity contribution in [2.45, 2.75) is 142 Å². The maximum absolute atomic E-state index is 12.7. The van der Waals surface area contributed by atoms with Gasteiger partial charge in [0.1, 0.15) is 0 Å². The van der Waals surface area contributed by atoms with Crippen LogP contribution in [0, 0.1) is 5.92 Å². The number of carboxylic acid groups (broad SMARTS) is 2. The van der Waals surface area contributed by atoms with Gasteiger partial charge in [-0.05, 0) is 25.2 Å². The van der Waals surface area contributed by atoms with Crippen LogP contribution in [-0.2, 0) is 23.9 Å². The first-order chi connectivity index (χ1) is 16.5. The van der Waals surface area contributed by atoms with E-state index in [4.69, 9.17) is 9.84 Å². The van der Waals surface area contributed by atoms with Crippen molar-refractivity contribution in [1.29, 1.82) is 0 Å². The van der Waals surface area contributed by atoms with Crippen molar-refractivity contribution in [1.82, 2.24) is 0 Å². The molecule has 0 aliphatic heterocycles. The second kappa shape index (κ2) is 19.3. The molecule has 2 atom stereocenters. The van der Waals surface area contributed by atoms with E-state index in [0.29, 0.717) is 19.3 Å². The average Bonchev–Trinajstić information content (AvgIpc) is 2.75. The Morgan fingerprint density at radius 2 is 1.26 bits per heavy atom. The largest absolute Gasteiger partial charge is 0.481 e. The van der Waals surface area contributed by atoms with E-state index in [9.17, 15) is 29.4 Å². The molecule has 0 heterocycles. The van der Waals surface area contributed by atoms with Crippen LogP contribution in [0.15, 0.2) is 0 Å². The standard InChI is InChI=1S/C27H48O8/c1-4-5-6-10-14-17-22(28)23(18-15-12-9-7-8-11-13-16-21(2)3)35-25(31)20-27(34,26(32)33)19-24(29)30/h21,23,34H,4-20H2,1-3H3,(H,29,30)(H,32,33). The fraction of sp³-hybridized carbons (Fsp3) is 0.852. The van der Waals surface area contributed by atoms with E-state index in [0.717, 1.165) is 50.9 Å². The minimum atomic E-state index is -2.77. The van der Waals surface area contributed by atoms with Gasteiger partial charge in [-0.1, -0.05) is 91.4 Å². The van der Waals surface area contributed by atoms with Crippen LogP contribution >= 0.6 is 0 Å². The zero-order valence-electron chi connectivity index (χ0n) is 22.1. The van der Waals surface area contributed by atoms with Gasteiger partial charge in [0.15, 0.2) is 17.5 Å². The van der Waals surface area contributed by atoms with Crippen molar-refractivity contribution in [3.8, 4) is 0 Å². The van der Waals surface area contributed by atoms with Crippen LogP contribution < -0.4 is 0 Å². The summed E-state index contributed by atoms with van der Waals surface area (Å²) in [4.78, 5) is 47.3. The number of carbonyl (C=O) groups is 4. The second-order valence-electron chi connectivity index (χ2n) is 10.1. The molecule has 0 radical (unpaired) electrons. The maximum Gasteiger partial charge on any atom is 0.336 e. The van der Waals surface area contributed by atoms with Gasteiger partial charge >= 0.3 is 17.9 Å². The first-order valence-corrected chi connectivity index (χ1v) is 13.4. The van der Waals surface area contributed by atoms with Gasteiger partial charge in [0.25, 0.3) is 0 Å². The molecule has 0 aliphatic rings. The molecule has 8 heteroatoms. The lowest BCUT2D eigenvalue weighted by Gasteiger charge is -2.22. The van der Waals surface area contributed by atoms with E-state index in [1.165, 1.54) is 25.7 Å². The summed E-state index contributed by atoms with van der Waals surface area (Å²) in [6.07, 6.45) is 10.9. The topological polar surface area (TPSA) is 138 Å². The number of hydrogen-bond donors (Lipinski definition) is 3. The summed E-state index contributed by atoms with van der Waals surface area (Å²) in [5.74, 6) is -3.92. The maximum atomic E-state index is 12.7. The molecule has 2 unspecified atom stereocenters. The summed E-state index contributed by atoms with van der Waals surface area (Å²) >= 11 is 0.